The molecule has 2 fully saturated rings. The quantitative estimate of drug-likeness (QED) is 0.270. The number of aryl methyl sites for hydroxylation is 1. The minimum Gasteiger partial charge on any atom is -0.505 e. The normalized spacial score (nSPS) is 18.6. The van der Waals surface area contributed by atoms with Gasteiger partial charge >= 0.3 is 0 Å². The number of nitrogens with one attached hydrogen (secondary N) is 3. The van der Waals surface area contributed by atoms with Gasteiger partial charge in [0.25, 0.3) is 0 Å². The van der Waals surface area contributed by atoms with Crippen LogP contribution in [0.2, 0.25) is 5.02 Å². The summed E-state index contributed by atoms with van der Waals surface area (Å²) in [5, 5.41) is 18.7. The molecule has 36 heavy (non-hydrogen) atoms. The molecule has 1 aliphatic carbocycles. The standard InChI is InChI=1S/C28H31ClN6O/c1-16-3-6-22-23(12-31-26(22)27(16)36)25-24(29)13-32-28(34-25)33-21-10-18(9-20(11-21)19-4-5-19)15-35-8-7-30-17(2)14-35/h3,6,9-13,17,19,30-31,36H,4-5,7-8,14-15H2,1-2H3,(H,32,33,34)/t17-/m0/s1. The summed E-state index contributed by atoms with van der Waals surface area (Å²) in [7, 11) is 0. The summed E-state index contributed by atoms with van der Waals surface area (Å²) in [4.78, 5) is 14.9. The van der Waals surface area contributed by atoms with Crippen molar-refractivity contribution in [3.05, 3.63) is 64.4 Å². The lowest BCUT2D eigenvalue weighted by Crippen LogP contribution is -2.48. The third kappa shape index (κ3) is 4.66. The molecule has 4 N–H and O–H groups in total. The van der Waals surface area contributed by atoms with Gasteiger partial charge in [0.2, 0.25) is 5.95 Å². The third-order valence-electron chi connectivity index (χ3n) is 7.21. The van der Waals surface area contributed by atoms with Crippen LogP contribution in [0.25, 0.3) is 22.2 Å². The Labute approximate surface area is 215 Å². The van der Waals surface area contributed by atoms with Crippen LogP contribution in [0, 0.1) is 6.92 Å². The van der Waals surface area contributed by atoms with E-state index in [1.54, 1.807) is 6.20 Å². The summed E-state index contributed by atoms with van der Waals surface area (Å²) in [5.74, 6) is 1.39. The van der Waals surface area contributed by atoms with Gasteiger partial charge < -0.3 is 20.7 Å². The molecule has 0 spiro atoms. The highest BCUT2D eigenvalue weighted by atomic mass is 35.5. The number of halogens is 1. The van der Waals surface area contributed by atoms with Crippen LogP contribution < -0.4 is 10.6 Å². The maximum atomic E-state index is 10.5. The van der Waals surface area contributed by atoms with Crippen molar-refractivity contribution >= 4 is 34.1 Å². The van der Waals surface area contributed by atoms with Gasteiger partial charge in [-0.1, -0.05) is 29.8 Å². The van der Waals surface area contributed by atoms with E-state index in [1.165, 1.54) is 24.0 Å². The number of anilines is 2. The number of hydrogen-bond acceptors (Lipinski definition) is 6. The molecule has 1 atom stereocenters. The fourth-order valence-electron chi connectivity index (χ4n) is 5.18. The van der Waals surface area contributed by atoms with E-state index in [0.29, 0.717) is 34.1 Å². The van der Waals surface area contributed by atoms with Crippen LogP contribution in [0.4, 0.5) is 11.6 Å². The Balaban J connectivity index is 1.31. The van der Waals surface area contributed by atoms with Crippen molar-refractivity contribution in [2.24, 2.45) is 0 Å². The Hall–Kier alpha value is -3.13. The predicted molar refractivity (Wildman–Crippen MR) is 145 cm³/mol. The van der Waals surface area contributed by atoms with Gasteiger partial charge in [-0.15, -0.1) is 0 Å². The van der Waals surface area contributed by atoms with E-state index >= 15 is 0 Å². The number of rotatable bonds is 6. The van der Waals surface area contributed by atoms with E-state index < -0.39 is 0 Å². The number of hydrogen-bond donors (Lipinski definition) is 4. The molecule has 1 aliphatic heterocycles. The lowest BCUT2D eigenvalue weighted by atomic mass is 10.0. The molecule has 186 valence electrons. The fraction of sp³-hybridized carbons (Fsp3) is 0.357. The molecule has 6 rings (SSSR count). The highest BCUT2D eigenvalue weighted by molar-refractivity contribution is 6.33. The zero-order valence-electron chi connectivity index (χ0n) is 20.6. The first-order chi connectivity index (χ1) is 17.4. The maximum Gasteiger partial charge on any atom is 0.227 e. The van der Waals surface area contributed by atoms with E-state index in [4.69, 9.17) is 16.6 Å². The molecule has 0 amide bonds. The van der Waals surface area contributed by atoms with Crippen LogP contribution in [0.3, 0.4) is 0 Å². The average Bonchev–Trinajstić information content (AvgIpc) is 3.62. The number of aromatic nitrogens is 3. The average molecular weight is 503 g/mol. The number of phenols is 1. The van der Waals surface area contributed by atoms with Gasteiger partial charge in [0.05, 0.1) is 22.4 Å². The van der Waals surface area contributed by atoms with Crippen molar-refractivity contribution in [2.45, 2.75) is 45.2 Å². The van der Waals surface area contributed by atoms with Crippen LogP contribution >= 0.6 is 11.6 Å². The second kappa shape index (κ2) is 9.39. The number of phenolic OH excluding ortho intramolecular Hbond substituents is 1. The van der Waals surface area contributed by atoms with E-state index in [2.05, 4.69) is 50.6 Å². The second-order valence-corrected chi connectivity index (χ2v) is 10.6. The summed E-state index contributed by atoms with van der Waals surface area (Å²) < 4.78 is 0. The van der Waals surface area contributed by atoms with Gasteiger partial charge in [0.1, 0.15) is 5.75 Å². The minimum absolute atomic E-state index is 0.241. The zero-order valence-corrected chi connectivity index (χ0v) is 21.4. The Morgan fingerprint density at radius 3 is 2.89 bits per heavy atom. The number of benzene rings is 2. The molecule has 1 saturated carbocycles. The summed E-state index contributed by atoms with van der Waals surface area (Å²) in [5.41, 5.74) is 6.64. The van der Waals surface area contributed by atoms with Gasteiger partial charge in [-0.25, -0.2) is 9.97 Å². The van der Waals surface area contributed by atoms with Gasteiger partial charge in [-0.05, 0) is 61.4 Å². The van der Waals surface area contributed by atoms with Crippen LogP contribution in [0.1, 0.15) is 42.4 Å². The molecule has 3 heterocycles. The number of aromatic hydroxyl groups is 1. The molecule has 8 heteroatoms. The first-order valence-electron chi connectivity index (χ1n) is 12.6. The highest BCUT2D eigenvalue weighted by Crippen LogP contribution is 2.42. The molecule has 0 bridgehead atoms. The van der Waals surface area contributed by atoms with Crippen LogP contribution in [0.15, 0.2) is 42.7 Å². The van der Waals surface area contributed by atoms with Crippen LogP contribution in [0.5, 0.6) is 5.75 Å². The lowest BCUT2D eigenvalue weighted by Gasteiger charge is -2.32. The van der Waals surface area contributed by atoms with Crippen LogP contribution in [-0.4, -0.2) is 50.6 Å². The molecule has 2 aliphatic rings. The van der Waals surface area contributed by atoms with E-state index in [0.717, 1.165) is 48.4 Å². The van der Waals surface area contributed by atoms with Crippen molar-refractivity contribution in [2.75, 3.05) is 25.0 Å². The minimum atomic E-state index is 0.241. The molecule has 7 nitrogen and oxygen atoms in total. The van der Waals surface area contributed by atoms with E-state index in [-0.39, 0.29) is 5.75 Å². The summed E-state index contributed by atoms with van der Waals surface area (Å²) in [6.07, 6.45) is 5.97. The summed E-state index contributed by atoms with van der Waals surface area (Å²) >= 11 is 6.54. The molecule has 2 aromatic heterocycles. The van der Waals surface area contributed by atoms with Crippen molar-refractivity contribution in [3.8, 4) is 17.0 Å². The Morgan fingerprint density at radius 2 is 2.08 bits per heavy atom. The number of aromatic amines is 1. The van der Waals surface area contributed by atoms with E-state index in [1.807, 2.05) is 25.3 Å². The molecule has 2 aromatic carbocycles. The molecule has 1 saturated heterocycles. The van der Waals surface area contributed by atoms with Gasteiger partial charge in [0.15, 0.2) is 0 Å². The number of nitrogens with zero attached hydrogens (tertiary/aromatic N) is 3. The van der Waals surface area contributed by atoms with Crippen molar-refractivity contribution in [1.82, 2.24) is 25.2 Å². The molecule has 0 unspecified atom stereocenters. The van der Waals surface area contributed by atoms with E-state index in [9.17, 15) is 5.11 Å². The second-order valence-electron chi connectivity index (χ2n) is 10.2. The number of fused-ring (bicyclic) bond motifs is 1. The first-order valence-corrected chi connectivity index (χ1v) is 13.0. The van der Waals surface area contributed by atoms with Gasteiger partial charge in [-0.2, -0.15) is 0 Å². The monoisotopic (exact) mass is 502 g/mol. The fourth-order valence-corrected chi connectivity index (χ4v) is 5.37. The van der Waals surface area contributed by atoms with Crippen molar-refractivity contribution < 1.29 is 5.11 Å². The molecular formula is C28H31ClN6O. The Kier molecular flexibility index (Phi) is 6.07. The Bertz CT molecular complexity index is 1430. The molecule has 0 radical (unpaired) electrons. The number of piperazine rings is 1. The summed E-state index contributed by atoms with van der Waals surface area (Å²) in [6.45, 7) is 8.20. The Morgan fingerprint density at radius 1 is 1.22 bits per heavy atom. The van der Waals surface area contributed by atoms with Gasteiger partial charge in [0, 0.05) is 55.1 Å². The topological polar surface area (TPSA) is 89.1 Å². The predicted octanol–water partition coefficient (Wildman–Crippen LogP) is 5.71. The van der Waals surface area contributed by atoms with Gasteiger partial charge in [-0.3, -0.25) is 4.90 Å². The SMILES string of the molecule is Cc1ccc2c(-c3nc(Nc4cc(CN5CCN[C@@H](C)C5)cc(C5CC5)c4)ncc3Cl)c[nH]c2c1O. The molecule has 4 aromatic rings. The largest absolute Gasteiger partial charge is 0.505 e. The number of H-pyrrole nitrogens is 1. The van der Waals surface area contributed by atoms with Crippen molar-refractivity contribution in [3.63, 3.8) is 0 Å². The highest BCUT2D eigenvalue weighted by Gasteiger charge is 2.25. The lowest BCUT2D eigenvalue weighted by molar-refractivity contribution is 0.199. The maximum absolute atomic E-state index is 10.5. The molecular weight excluding hydrogens is 472 g/mol. The van der Waals surface area contributed by atoms with Crippen molar-refractivity contribution in [1.29, 1.82) is 0 Å². The smallest absolute Gasteiger partial charge is 0.227 e. The zero-order chi connectivity index (χ0) is 24.8. The third-order valence-corrected chi connectivity index (χ3v) is 7.49. The first kappa shape index (κ1) is 23.3. The summed E-state index contributed by atoms with van der Waals surface area (Å²) in [6, 6.07) is 11.2. The van der Waals surface area contributed by atoms with Crippen LogP contribution in [-0.2, 0) is 6.54 Å².